The average Bonchev–Trinajstić information content (AvgIpc) is 3.21. The fourth-order valence-corrected chi connectivity index (χ4v) is 5.51. The lowest BCUT2D eigenvalue weighted by Gasteiger charge is -2.29. The van der Waals surface area contributed by atoms with Crippen molar-refractivity contribution in [2.24, 2.45) is 5.92 Å². The maximum Gasteiger partial charge on any atom is 0.333 e. The van der Waals surface area contributed by atoms with Gasteiger partial charge < -0.3 is 10.1 Å². The summed E-state index contributed by atoms with van der Waals surface area (Å²) in [6.45, 7) is 2.36. The fourth-order valence-electron chi connectivity index (χ4n) is 5.35. The van der Waals surface area contributed by atoms with Crippen LogP contribution in [0.4, 0.5) is 0 Å². The molecule has 0 bridgehead atoms. The number of nitrogens with zero attached hydrogens (tertiary/aromatic N) is 4. The highest BCUT2D eigenvalue weighted by Gasteiger charge is 2.26. The molecule has 0 saturated heterocycles. The molecule has 2 aromatic carbocycles. The van der Waals surface area contributed by atoms with Crippen molar-refractivity contribution in [1.82, 2.24) is 19.4 Å². The van der Waals surface area contributed by atoms with Gasteiger partial charge in [-0.15, -0.1) is 0 Å². The third kappa shape index (κ3) is 4.77. The second-order valence-corrected chi connectivity index (χ2v) is 10.1. The second kappa shape index (κ2) is 10.7. The van der Waals surface area contributed by atoms with Gasteiger partial charge >= 0.3 is 5.69 Å². The van der Waals surface area contributed by atoms with Crippen molar-refractivity contribution >= 4 is 28.5 Å². The Morgan fingerprint density at radius 3 is 2.61 bits per heavy atom. The predicted molar refractivity (Wildman–Crippen MR) is 146 cm³/mol. The lowest BCUT2D eigenvalue weighted by atomic mass is 9.85. The molecule has 38 heavy (non-hydrogen) atoms. The average molecular weight is 530 g/mol. The van der Waals surface area contributed by atoms with Crippen LogP contribution in [-0.4, -0.2) is 33.2 Å². The molecule has 0 atom stereocenters. The molecule has 1 aliphatic rings. The van der Waals surface area contributed by atoms with E-state index in [1.165, 1.54) is 13.3 Å². The Hall–Kier alpha value is -4.09. The van der Waals surface area contributed by atoms with Gasteiger partial charge in [0, 0.05) is 18.8 Å². The molecule has 5 rings (SSSR count). The Bertz CT molecular complexity index is 1610. The molecular formula is C29H28ClN5O3. The molecular weight excluding hydrogens is 502 g/mol. The topological polar surface area (TPSA) is 102 Å². The molecule has 0 spiro atoms. The van der Waals surface area contributed by atoms with Crippen molar-refractivity contribution < 1.29 is 9.53 Å². The number of imidazole rings is 1. The maximum atomic E-state index is 13.8. The summed E-state index contributed by atoms with van der Waals surface area (Å²) in [6, 6.07) is 16.8. The fraction of sp³-hybridized carbons (Fsp3) is 0.310. The van der Waals surface area contributed by atoms with Gasteiger partial charge in [0.05, 0.1) is 40.1 Å². The van der Waals surface area contributed by atoms with Crippen LogP contribution in [0.2, 0.25) is 5.02 Å². The zero-order chi connectivity index (χ0) is 26.8. The van der Waals surface area contributed by atoms with Crippen LogP contribution in [0, 0.1) is 24.2 Å². The molecule has 1 N–H and O–H groups in total. The summed E-state index contributed by atoms with van der Waals surface area (Å²) in [5.74, 6) is 0.556. The van der Waals surface area contributed by atoms with E-state index in [4.69, 9.17) is 16.3 Å². The Morgan fingerprint density at radius 1 is 1.16 bits per heavy atom. The number of halogens is 1. The quantitative estimate of drug-likeness (QED) is 0.378. The molecule has 194 valence electrons. The SMILES string of the molecule is COc1cccc(-n2c(=O)n(C[C@H]3CC[C@H](NC(=O)c4cc(Cl)cnc4C)CC3)c3ccccc32)c1C#N. The van der Waals surface area contributed by atoms with Crippen molar-refractivity contribution in [2.75, 3.05) is 7.11 Å². The van der Waals surface area contributed by atoms with E-state index >= 15 is 0 Å². The first kappa shape index (κ1) is 25.6. The summed E-state index contributed by atoms with van der Waals surface area (Å²) in [5.41, 5.74) is 3.35. The monoisotopic (exact) mass is 529 g/mol. The number of aryl methyl sites for hydroxylation is 1. The highest BCUT2D eigenvalue weighted by atomic mass is 35.5. The molecule has 1 fully saturated rings. The van der Waals surface area contributed by atoms with E-state index in [0.29, 0.717) is 39.8 Å². The number of hydrogen-bond donors (Lipinski definition) is 1. The van der Waals surface area contributed by atoms with E-state index < -0.39 is 0 Å². The second-order valence-electron chi connectivity index (χ2n) is 9.66. The van der Waals surface area contributed by atoms with Gasteiger partial charge in [0.1, 0.15) is 17.4 Å². The molecule has 9 heteroatoms. The first-order valence-corrected chi connectivity index (χ1v) is 13.0. The van der Waals surface area contributed by atoms with Crippen LogP contribution in [0.1, 0.15) is 47.3 Å². The number of pyridine rings is 1. The molecule has 1 aliphatic carbocycles. The van der Waals surface area contributed by atoms with Gasteiger partial charge in [-0.05, 0) is 68.9 Å². The number of carbonyl (C=O) groups is 1. The largest absolute Gasteiger partial charge is 0.495 e. The zero-order valence-electron chi connectivity index (χ0n) is 21.3. The molecule has 0 aliphatic heterocycles. The van der Waals surface area contributed by atoms with E-state index in [2.05, 4.69) is 16.4 Å². The molecule has 1 saturated carbocycles. The van der Waals surface area contributed by atoms with E-state index in [1.54, 1.807) is 40.3 Å². The number of nitriles is 1. The predicted octanol–water partition coefficient (Wildman–Crippen LogP) is 5.02. The summed E-state index contributed by atoms with van der Waals surface area (Å²) in [5, 5.41) is 13.4. The number of aromatic nitrogens is 3. The normalized spacial score (nSPS) is 17.2. The molecule has 2 heterocycles. The summed E-state index contributed by atoms with van der Waals surface area (Å²) < 4.78 is 8.78. The molecule has 0 unspecified atom stereocenters. The first-order chi connectivity index (χ1) is 18.4. The minimum atomic E-state index is -0.185. The summed E-state index contributed by atoms with van der Waals surface area (Å²) in [6.07, 6.45) is 4.95. The highest BCUT2D eigenvalue weighted by molar-refractivity contribution is 6.30. The Morgan fingerprint density at radius 2 is 1.89 bits per heavy atom. The van der Waals surface area contributed by atoms with Crippen molar-refractivity contribution in [1.29, 1.82) is 5.26 Å². The van der Waals surface area contributed by atoms with Crippen LogP contribution in [0.15, 0.2) is 59.5 Å². The number of methoxy groups -OCH3 is 1. The van der Waals surface area contributed by atoms with Crippen LogP contribution < -0.4 is 15.7 Å². The molecule has 2 aromatic heterocycles. The number of para-hydroxylation sites is 2. The Kier molecular flexibility index (Phi) is 7.21. The standard InChI is InChI=1S/C29H28ClN5O3/c1-18-22(14-20(30)16-32-18)28(36)33-21-12-10-19(11-13-21)17-34-25-6-3-4-7-26(25)35(29(34)37)24-8-5-9-27(38-2)23(24)15-31/h3-9,14,16,19,21H,10-13,17H2,1-2H3,(H,33,36)/t19-,21-. The highest BCUT2D eigenvalue weighted by Crippen LogP contribution is 2.29. The van der Waals surface area contributed by atoms with Crippen molar-refractivity contribution in [3.05, 3.63) is 87.1 Å². The molecule has 8 nitrogen and oxygen atoms in total. The summed E-state index contributed by atoms with van der Waals surface area (Å²) >= 11 is 6.03. The molecule has 1 amide bonds. The lowest BCUT2D eigenvalue weighted by molar-refractivity contribution is 0.0919. The molecule has 0 radical (unpaired) electrons. The third-order valence-electron chi connectivity index (χ3n) is 7.33. The van der Waals surface area contributed by atoms with Gasteiger partial charge in [-0.25, -0.2) is 4.79 Å². The number of rotatable bonds is 6. The van der Waals surface area contributed by atoms with Crippen LogP contribution in [-0.2, 0) is 6.54 Å². The minimum Gasteiger partial charge on any atom is -0.495 e. The van der Waals surface area contributed by atoms with Crippen LogP contribution in [0.25, 0.3) is 16.7 Å². The van der Waals surface area contributed by atoms with Gasteiger partial charge in [0.15, 0.2) is 0 Å². The van der Waals surface area contributed by atoms with Crippen molar-refractivity contribution in [2.45, 2.75) is 45.2 Å². The number of benzene rings is 2. The Labute approximate surface area is 225 Å². The van der Waals surface area contributed by atoms with Crippen molar-refractivity contribution in [3.63, 3.8) is 0 Å². The van der Waals surface area contributed by atoms with Gasteiger partial charge in [-0.1, -0.05) is 29.8 Å². The third-order valence-corrected chi connectivity index (χ3v) is 7.54. The van der Waals surface area contributed by atoms with Gasteiger partial charge in [-0.2, -0.15) is 5.26 Å². The van der Waals surface area contributed by atoms with Gasteiger partial charge in [-0.3, -0.25) is 18.9 Å². The zero-order valence-corrected chi connectivity index (χ0v) is 22.0. The van der Waals surface area contributed by atoms with E-state index in [-0.39, 0.29) is 23.6 Å². The van der Waals surface area contributed by atoms with Crippen molar-refractivity contribution in [3.8, 4) is 17.5 Å². The number of amides is 1. The van der Waals surface area contributed by atoms with E-state index in [9.17, 15) is 14.9 Å². The summed E-state index contributed by atoms with van der Waals surface area (Å²) in [4.78, 5) is 30.7. The van der Waals surface area contributed by atoms with Crippen LogP contribution in [0.5, 0.6) is 5.75 Å². The summed E-state index contributed by atoms with van der Waals surface area (Å²) in [7, 11) is 1.51. The first-order valence-electron chi connectivity index (χ1n) is 12.6. The minimum absolute atomic E-state index is 0.0603. The van der Waals surface area contributed by atoms with Crippen LogP contribution >= 0.6 is 11.6 Å². The van der Waals surface area contributed by atoms with E-state index in [1.807, 2.05) is 24.3 Å². The number of ether oxygens (including phenoxy) is 1. The van der Waals surface area contributed by atoms with Crippen LogP contribution in [0.3, 0.4) is 0 Å². The van der Waals surface area contributed by atoms with Gasteiger partial charge in [0.25, 0.3) is 5.91 Å². The lowest BCUT2D eigenvalue weighted by Crippen LogP contribution is -2.39. The number of nitrogens with one attached hydrogen (secondary N) is 1. The van der Waals surface area contributed by atoms with Gasteiger partial charge in [0.2, 0.25) is 0 Å². The smallest absolute Gasteiger partial charge is 0.333 e. The number of hydrogen-bond acceptors (Lipinski definition) is 5. The van der Waals surface area contributed by atoms with E-state index in [0.717, 1.165) is 36.7 Å². The molecule has 4 aromatic rings. The Balaban J connectivity index is 1.36. The number of carbonyl (C=O) groups excluding carboxylic acids is 1. The number of fused-ring (bicyclic) bond motifs is 1. The maximum absolute atomic E-state index is 13.8.